The van der Waals surface area contributed by atoms with E-state index >= 15 is 0 Å². The van der Waals surface area contributed by atoms with Gasteiger partial charge in [0.05, 0.1) is 18.0 Å². The van der Waals surface area contributed by atoms with Crippen LogP contribution in [0, 0.1) is 31.0 Å². The second kappa shape index (κ2) is 8.53. The number of nitrogens with one attached hydrogen (secondary N) is 2. The summed E-state index contributed by atoms with van der Waals surface area (Å²) >= 11 is 0. The second-order valence-corrected chi connectivity index (χ2v) is 6.80. The molecular weight excluding hydrogens is 353 g/mol. The van der Waals surface area contributed by atoms with Crippen molar-refractivity contribution in [1.29, 1.82) is 5.26 Å². The molecule has 0 atom stereocenters. The fourth-order valence-corrected chi connectivity index (χ4v) is 3.40. The van der Waals surface area contributed by atoms with Crippen molar-refractivity contribution in [2.45, 2.75) is 26.7 Å². The fraction of sp³-hybridized carbons (Fsp3) is 0.217. The van der Waals surface area contributed by atoms with Gasteiger partial charge in [-0.15, -0.1) is 0 Å². The normalized spacial score (nSPS) is 11.1. The van der Waals surface area contributed by atoms with Gasteiger partial charge in [0.1, 0.15) is 5.82 Å². The van der Waals surface area contributed by atoms with E-state index in [-0.39, 0.29) is 11.7 Å². The highest BCUT2D eigenvalue weighted by Gasteiger charge is 2.13. The lowest BCUT2D eigenvalue weighted by Crippen LogP contribution is -2.23. The first-order valence-electron chi connectivity index (χ1n) is 9.17. The molecule has 5 heteroatoms. The molecule has 3 rings (SSSR count). The van der Waals surface area contributed by atoms with Crippen LogP contribution in [-0.4, -0.2) is 17.4 Å². The molecule has 0 radical (unpaired) electrons. The third-order valence-electron chi connectivity index (χ3n) is 4.77. The first-order chi connectivity index (χ1) is 13.5. The summed E-state index contributed by atoms with van der Waals surface area (Å²) in [6.07, 6.45) is 4.18. The van der Waals surface area contributed by atoms with Crippen molar-refractivity contribution in [3.05, 3.63) is 76.2 Å². The molecule has 0 saturated heterocycles. The summed E-state index contributed by atoms with van der Waals surface area (Å²) in [5, 5.41) is 12.5. The molecule has 0 saturated carbocycles. The Bertz CT molecular complexity index is 1090. The summed E-state index contributed by atoms with van der Waals surface area (Å²) < 4.78 is 14.0. The van der Waals surface area contributed by atoms with Crippen molar-refractivity contribution >= 4 is 22.9 Å². The number of amides is 1. The van der Waals surface area contributed by atoms with E-state index in [1.807, 2.05) is 38.1 Å². The van der Waals surface area contributed by atoms with Gasteiger partial charge in [-0.05, 0) is 54.7 Å². The molecule has 0 aliphatic carbocycles. The smallest absolute Gasteiger partial charge is 0.244 e. The third-order valence-corrected chi connectivity index (χ3v) is 4.77. The van der Waals surface area contributed by atoms with Crippen molar-refractivity contribution in [3.63, 3.8) is 0 Å². The number of rotatable bonds is 6. The minimum Gasteiger partial charge on any atom is -0.356 e. The largest absolute Gasteiger partial charge is 0.356 e. The Morgan fingerprint density at radius 1 is 1.29 bits per heavy atom. The van der Waals surface area contributed by atoms with Gasteiger partial charge < -0.3 is 10.3 Å². The van der Waals surface area contributed by atoms with E-state index in [9.17, 15) is 9.18 Å². The zero-order valence-corrected chi connectivity index (χ0v) is 16.0. The molecule has 0 aliphatic heterocycles. The molecule has 0 spiro atoms. The average molecular weight is 375 g/mol. The molecule has 4 nitrogen and oxygen atoms in total. The van der Waals surface area contributed by atoms with Crippen molar-refractivity contribution in [2.24, 2.45) is 0 Å². The molecule has 1 heterocycles. The number of nitrogens with zero attached hydrogens (tertiary/aromatic N) is 1. The monoisotopic (exact) mass is 375 g/mol. The number of fused-ring (bicyclic) bond motifs is 1. The highest BCUT2D eigenvalue weighted by atomic mass is 19.1. The summed E-state index contributed by atoms with van der Waals surface area (Å²) in [5.41, 5.74) is 5.28. The zero-order valence-electron chi connectivity index (χ0n) is 16.0. The Hall–Kier alpha value is -3.39. The van der Waals surface area contributed by atoms with Crippen LogP contribution >= 0.6 is 0 Å². The van der Waals surface area contributed by atoms with Gasteiger partial charge in [-0.1, -0.05) is 30.3 Å². The molecule has 0 fully saturated rings. The van der Waals surface area contributed by atoms with Crippen LogP contribution in [0.15, 0.2) is 42.5 Å². The number of nitriles is 1. The minimum absolute atomic E-state index is 0.189. The maximum absolute atomic E-state index is 14.0. The summed E-state index contributed by atoms with van der Waals surface area (Å²) in [5.74, 6) is -0.452. The summed E-state index contributed by atoms with van der Waals surface area (Å²) in [6.45, 7) is 4.34. The van der Waals surface area contributed by atoms with Crippen molar-refractivity contribution in [1.82, 2.24) is 10.3 Å². The van der Waals surface area contributed by atoms with Crippen LogP contribution < -0.4 is 5.32 Å². The molecular formula is C23H22FN3O. The van der Waals surface area contributed by atoms with E-state index in [0.717, 1.165) is 33.3 Å². The van der Waals surface area contributed by atoms with E-state index < -0.39 is 0 Å². The van der Waals surface area contributed by atoms with Gasteiger partial charge in [-0.3, -0.25) is 4.79 Å². The molecule has 142 valence electrons. The lowest BCUT2D eigenvalue weighted by atomic mass is 10.0. The maximum Gasteiger partial charge on any atom is 0.244 e. The van der Waals surface area contributed by atoms with Crippen LogP contribution in [-0.2, 0) is 17.6 Å². The molecule has 0 unspecified atom stereocenters. The Kier molecular flexibility index (Phi) is 5.90. The van der Waals surface area contributed by atoms with Gasteiger partial charge in [0.15, 0.2) is 0 Å². The Morgan fingerprint density at radius 2 is 2.11 bits per heavy atom. The van der Waals surface area contributed by atoms with Crippen LogP contribution in [0.4, 0.5) is 4.39 Å². The SMILES string of the molecule is Cc1[nH]c2c(F)ccc(C)c2c1CCNC(=O)C=Cc1cccc(CC#N)c1. The third kappa shape index (κ3) is 4.29. The molecule has 1 aromatic heterocycles. The maximum atomic E-state index is 14.0. The number of aryl methyl sites for hydroxylation is 2. The molecule has 3 aromatic rings. The molecule has 1 amide bonds. The zero-order chi connectivity index (χ0) is 20.1. The van der Waals surface area contributed by atoms with Gasteiger partial charge in [0, 0.05) is 23.7 Å². The number of H-pyrrole nitrogens is 1. The number of benzene rings is 2. The predicted molar refractivity (Wildman–Crippen MR) is 109 cm³/mol. The van der Waals surface area contributed by atoms with Crippen LogP contribution in [0.2, 0.25) is 0 Å². The van der Waals surface area contributed by atoms with Gasteiger partial charge >= 0.3 is 0 Å². The Balaban J connectivity index is 1.63. The summed E-state index contributed by atoms with van der Waals surface area (Å²) in [6, 6.07) is 12.9. The number of halogens is 1. The Morgan fingerprint density at radius 3 is 2.89 bits per heavy atom. The summed E-state index contributed by atoms with van der Waals surface area (Å²) in [4.78, 5) is 15.2. The first kappa shape index (κ1) is 19.4. The lowest BCUT2D eigenvalue weighted by Gasteiger charge is -2.05. The Labute approximate surface area is 163 Å². The average Bonchev–Trinajstić information content (AvgIpc) is 3.01. The topological polar surface area (TPSA) is 68.7 Å². The lowest BCUT2D eigenvalue weighted by molar-refractivity contribution is -0.116. The predicted octanol–water partition coefficient (Wildman–Crippen LogP) is 4.36. The number of aromatic amines is 1. The highest BCUT2D eigenvalue weighted by Crippen LogP contribution is 2.27. The van der Waals surface area contributed by atoms with Gasteiger partial charge in [0.2, 0.25) is 5.91 Å². The quantitative estimate of drug-likeness (QED) is 0.629. The molecule has 2 aromatic carbocycles. The van der Waals surface area contributed by atoms with Gasteiger partial charge in [0.25, 0.3) is 0 Å². The van der Waals surface area contributed by atoms with Gasteiger partial charge in [-0.2, -0.15) is 5.26 Å². The van der Waals surface area contributed by atoms with Crippen LogP contribution in [0.3, 0.4) is 0 Å². The van der Waals surface area contributed by atoms with E-state index in [1.165, 1.54) is 12.1 Å². The molecule has 0 bridgehead atoms. The van der Waals surface area contributed by atoms with Crippen LogP contribution in [0.5, 0.6) is 0 Å². The van der Waals surface area contributed by atoms with Crippen LogP contribution in [0.1, 0.15) is 27.9 Å². The van der Waals surface area contributed by atoms with Crippen molar-refractivity contribution in [2.75, 3.05) is 6.54 Å². The highest BCUT2D eigenvalue weighted by molar-refractivity contribution is 5.92. The number of hydrogen-bond acceptors (Lipinski definition) is 2. The van der Waals surface area contributed by atoms with Gasteiger partial charge in [-0.25, -0.2) is 4.39 Å². The van der Waals surface area contributed by atoms with E-state index in [1.54, 1.807) is 12.1 Å². The minimum atomic E-state index is -0.263. The fourth-order valence-electron chi connectivity index (χ4n) is 3.40. The number of aromatic nitrogens is 1. The van der Waals surface area contributed by atoms with Crippen molar-refractivity contribution < 1.29 is 9.18 Å². The second-order valence-electron chi connectivity index (χ2n) is 6.80. The molecule has 0 aliphatic rings. The number of carbonyl (C=O) groups excluding carboxylic acids is 1. The standard InChI is InChI=1S/C23H22FN3O/c1-15-6-8-20(24)23-22(15)19(16(2)27-23)11-13-26-21(28)9-7-17-4-3-5-18(14-17)10-12-25/h3-9,14,27H,10-11,13H2,1-2H3,(H,26,28). The van der Waals surface area contributed by atoms with Crippen LogP contribution in [0.25, 0.3) is 17.0 Å². The molecule has 2 N–H and O–H groups in total. The summed E-state index contributed by atoms with van der Waals surface area (Å²) in [7, 11) is 0. The number of hydrogen-bond donors (Lipinski definition) is 2. The number of carbonyl (C=O) groups is 1. The molecule has 28 heavy (non-hydrogen) atoms. The van der Waals surface area contributed by atoms with E-state index in [0.29, 0.717) is 24.9 Å². The van der Waals surface area contributed by atoms with Crippen molar-refractivity contribution in [3.8, 4) is 6.07 Å². The first-order valence-corrected chi connectivity index (χ1v) is 9.17. The van der Waals surface area contributed by atoms with E-state index in [4.69, 9.17) is 5.26 Å². The van der Waals surface area contributed by atoms with E-state index in [2.05, 4.69) is 16.4 Å².